The predicted molar refractivity (Wildman–Crippen MR) is 56.5 cm³/mol. The fourth-order valence-corrected chi connectivity index (χ4v) is 1.96. The molecule has 0 bridgehead atoms. The lowest BCUT2D eigenvalue weighted by atomic mass is 10.2. The molecule has 0 spiro atoms. The lowest BCUT2D eigenvalue weighted by Crippen LogP contribution is -1.75. The van der Waals surface area contributed by atoms with Crippen molar-refractivity contribution in [3.63, 3.8) is 0 Å². The van der Waals surface area contributed by atoms with Gasteiger partial charge in [-0.15, -0.1) is 11.7 Å². The van der Waals surface area contributed by atoms with Crippen LogP contribution in [0.2, 0.25) is 0 Å². The van der Waals surface area contributed by atoms with E-state index in [0.29, 0.717) is 0 Å². The molecule has 1 heterocycles. The highest BCUT2D eigenvalue weighted by molar-refractivity contribution is 8.68. The first-order valence-electron chi connectivity index (χ1n) is 3.62. The molecule has 0 unspecified atom stereocenters. The fraction of sp³-hybridized carbons (Fsp3) is 0.111. The normalized spacial score (nSPS) is 10.8. The van der Waals surface area contributed by atoms with Crippen molar-refractivity contribution >= 4 is 33.4 Å². The van der Waals surface area contributed by atoms with Gasteiger partial charge in [-0.3, -0.25) is 0 Å². The van der Waals surface area contributed by atoms with Gasteiger partial charge in [0.1, 0.15) is 5.58 Å². The average molecular weight is 196 g/mol. The first-order valence-corrected chi connectivity index (χ1v) is 5.66. The van der Waals surface area contributed by atoms with Crippen LogP contribution in [0.3, 0.4) is 0 Å². The van der Waals surface area contributed by atoms with Gasteiger partial charge < -0.3 is 4.42 Å². The van der Waals surface area contributed by atoms with Crippen LogP contribution in [0.4, 0.5) is 0 Å². The van der Waals surface area contributed by atoms with E-state index in [-0.39, 0.29) is 0 Å². The van der Waals surface area contributed by atoms with Gasteiger partial charge in [0.2, 0.25) is 0 Å². The van der Waals surface area contributed by atoms with E-state index in [1.54, 1.807) is 6.26 Å². The fourth-order valence-electron chi connectivity index (χ4n) is 1.18. The average Bonchev–Trinajstić information content (AvgIpc) is 2.51. The highest BCUT2D eigenvalue weighted by Crippen LogP contribution is 2.21. The number of furan rings is 1. The summed E-state index contributed by atoms with van der Waals surface area (Å²) in [5.74, 6) is 0.935. The lowest BCUT2D eigenvalue weighted by Gasteiger charge is -1.95. The second kappa shape index (κ2) is 3.46. The summed E-state index contributed by atoms with van der Waals surface area (Å²) in [4.78, 5) is 0. The summed E-state index contributed by atoms with van der Waals surface area (Å²) in [5.41, 5.74) is 2.23. The van der Waals surface area contributed by atoms with Crippen molar-refractivity contribution in [2.24, 2.45) is 0 Å². The molecular weight excluding hydrogens is 188 g/mol. The number of hydrogen-bond acceptors (Lipinski definition) is 3. The van der Waals surface area contributed by atoms with Gasteiger partial charge in [-0.25, -0.2) is 0 Å². The molecule has 0 saturated heterocycles. The SMILES string of the molecule is SSCc1ccc2occc2c1. The first-order chi connectivity index (χ1) is 5.90. The van der Waals surface area contributed by atoms with Crippen LogP contribution in [0.15, 0.2) is 34.9 Å². The van der Waals surface area contributed by atoms with Crippen molar-refractivity contribution in [2.75, 3.05) is 0 Å². The molecule has 2 rings (SSSR count). The Morgan fingerprint density at radius 2 is 2.25 bits per heavy atom. The summed E-state index contributed by atoms with van der Waals surface area (Å²) >= 11 is 4.10. The van der Waals surface area contributed by atoms with E-state index in [1.165, 1.54) is 16.4 Å². The molecule has 3 heteroatoms. The summed E-state index contributed by atoms with van der Waals surface area (Å²) in [5, 5.41) is 1.16. The molecule has 0 amide bonds. The van der Waals surface area contributed by atoms with Gasteiger partial charge in [0, 0.05) is 11.1 Å². The van der Waals surface area contributed by atoms with E-state index in [0.717, 1.165) is 16.7 Å². The van der Waals surface area contributed by atoms with E-state index < -0.39 is 0 Å². The highest BCUT2D eigenvalue weighted by atomic mass is 33.1. The molecule has 12 heavy (non-hydrogen) atoms. The third kappa shape index (κ3) is 1.47. The van der Waals surface area contributed by atoms with E-state index in [9.17, 15) is 0 Å². The molecule has 0 aliphatic rings. The Morgan fingerprint density at radius 1 is 1.33 bits per heavy atom. The van der Waals surface area contributed by atoms with Crippen LogP contribution in [-0.4, -0.2) is 0 Å². The Balaban J connectivity index is 2.46. The minimum atomic E-state index is 0.935. The molecule has 0 atom stereocenters. The number of hydrogen-bond donors (Lipinski definition) is 1. The summed E-state index contributed by atoms with van der Waals surface area (Å²) in [6.45, 7) is 0. The van der Waals surface area contributed by atoms with Gasteiger partial charge in [-0.05, 0) is 23.8 Å². The smallest absolute Gasteiger partial charge is 0.133 e. The number of fused-ring (bicyclic) bond motifs is 1. The summed E-state index contributed by atoms with van der Waals surface area (Å²) in [7, 11) is 1.53. The third-order valence-electron chi connectivity index (χ3n) is 1.75. The monoisotopic (exact) mass is 196 g/mol. The van der Waals surface area contributed by atoms with E-state index in [1.807, 2.05) is 12.1 Å². The maximum Gasteiger partial charge on any atom is 0.133 e. The molecule has 2 aromatic rings. The van der Waals surface area contributed by atoms with E-state index in [4.69, 9.17) is 4.42 Å². The Bertz CT molecular complexity index is 381. The predicted octanol–water partition coefficient (Wildman–Crippen LogP) is 3.51. The Kier molecular flexibility index (Phi) is 2.33. The second-order valence-electron chi connectivity index (χ2n) is 2.57. The van der Waals surface area contributed by atoms with Crippen molar-refractivity contribution in [1.29, 1.82) is 0 Å². The maximum atomic E-state index is 5.23. The quantitative estimate of drug-likeness (QED) is 0.583. The first kappa shape index (κ1) is 8.08. The Morgan fingerprint density at radius 3 is 3.08 bits per heavy atom. The Hall–Kier alpha value is -0.540. The second-order valence-corrected chi connectivity index (χ2v) is 3.89. The van der Waals surface area contributed by atoms with Crippen LogP contribution in [0.1, 0.15) is 5.56 Å². The number of thiol groups is 1. The van der Waals surface area contributed by atoms with Gasteiger partial charge in [-0.1, -0.05) is 16.9 Å². The summed E-state index contributed by atoms with van der Waals surface area (Å²) in [6.07, 6.45) is 1.71. The molecule has 0 N–H and O–H groups in total. The zero-order chi connectivity index (χ0) is 8.39. The van der Waals surface area contributed by atoms with Crippen molar-refractivity contribution < 1.29 is 4.42 Å². The molecule has 1 nitrogen and oxygen atoms in total. The molecular formula is C9H8OS2. The third-order valence-corrected chi connectivity index (χ3v) is 2.60. The highest BCUT2D eigenvalue weighted by Gasteiger charge is 1.97. The van der Waals surface area contributed by atoms with Crippen LogP contribution in [0, 0.1) is 0 Å². The molecule has 0 aliphatic carbocycles. The van der Waals surface area contributed by atoms with Gasteiger partial charge in [-0.2, -0.15) is 0 Å². The van der Waals surface area contributed by atoms with Crippen molar-refractivity contribution in [1.82, 2.24) is 0 Å². The number of rotatable bonds is 2. The van der Waals surface area contributed by atoms with Crippen LogP contribution >= 0.6 is 22.5 Å². The van der Waals surface area contributed by atoms with Crippen LogP contribution in [0.25, 0.3) is 11.0 Å². The summed E-state index contributed by atoms with van der Waals surface area (Å²) < 4.78 is 5.23. The number of benzene rings is 1. The van der Waals surface area contributed by atoms with Gasteiger partial charge >= 0.3 is 0 Å². The summed E-state index contributed by atoms with van der Waals surface area (Å²) in [6, 6.07) is 8.16. The van der Waals surface area contributed by atoms with Gasteiger partial charge in [0.25, 0.3) is 0 Å². The molecule has 1 aromatic heterocycles. The van der Waals surface area contributed by atoms with Crippen molar-refractivity contribution in [2.45, 2.75) is 5.75 Å². The van der Waals surface area contributed by atoms with Crippen molar-refractivity contribution in [3.8, 4) is 0 Å². The minimum Gasteiger partial charge on any atom is -0.464 e. The largest absolute Gasteiger partial charge is 0.464 e. The molecule has 0 fully saturated rings. The van der Waals surface area contributed by atoms with Crippen LogP contribution < -0.4 is 0 Å². The van der Waals surface area contributed by atoms with E-state index >= 15 is 0 Å². The zero-order valence-electron chi connectivity index (χ0n) is 6.36. The molecule has 62 valence electrons. The maximum absolute atomic E-state index is 5.23. The van der Waals surface area contributed by atoms with E-state index in [2.05, 4.69) is 23.8 Å². The standard InChI is InChI=1S/C9H8OS2/c11-12-6-7-1-2-9-8(5-7)3-4-10-9/h1-5,11H,6H2. The molecule has 1 aromatic carbocycles. The van der Waals surface area contributed by atoms with Gasteiger partial charge in [0.15, 0.2) is 0 Å². The Labute approximate surface area is 80.0 Å². The lowest BCUT2D eigenvalue weighted by molar-refractivity contribution is 0.616. The molecule has 0 aliphatic heterocycles. The van der Waals surface area contributed by atoms with Crippen molar-refractivity contribution in [3.05, 3.63) is 36.1 Å². The topological polar surface area (TPSA) is 13.1 Å². The molecule has 0 radical (unpaired) electrons. The van der Waals surface area contributed by atoms with Crippen LogP contribution in [-0.2, 0) is 5.75 Å². The molecule has 0 saturated carbocycles. The zero-order valence-corrected chi connectivity index (χ0v) is 8.07. The van der Waals surface area contributed by atoms with Crippen LogP contribution in [0.5, 0.6) is 0 Å². The minimum absolute atomic E-state index is 0.935. The van der Waals surface area contributed by atoms with Gasteiger partial charge in [0.05, 0.1) is 6.26 Å².